The fourth-order valence-electron chi connectivity index (χ4n) is 2.23. The van der Waals surface area contributed by atoms with Crippen LogP contribution in [-0.2, 0) is 11.2 Å². The van der Waals surface area contributed by atoms with Crippen molar-refractivity contribution in [1.29, 1.82) is 0 Å². The van der Waals surface area contributed by atoms with Gasteiger partial charge in [0.2, 0.25) is 0 Å². The van der Waals surface area contributed by atoms with Crippen LogP contribution in [0.5, 0.6) is 0 Å². The molecule has 100 valence electrons. The fraction of sp³-hybridized carbons (Fsp3) is 0.538. The minimum Gasteiger partial charge on any atom is -0.389 e. The van der Waals surface area contributed by atoms with Crippen molar-refractivity contribution in [1.82, 2.24) is 0 Å². The van der Waals surface area contributed by atoms with Gasteiger partial charge in [0.1, 0.15) is 11.6 Å². The Bertz CT molecular complexity index is 429. The molecule has 1 fully saturated rings. The molecule has 2 rings (SSSR count). The molecule has 1 aliphatic rings. The van der Waals surface area contributed by atoms with E-state index in [1.807, 2.05) is 0 Å². The molecule has 0 spiro atoms. The van der Waals surface area contributed by atoms with E-state index in [2.05, 4.69) is 15.9 Å². The number of aliphatic hydroxyl groups is 1. The van der Waals surface area contributed by atoms with Crippen LogP contribution in [0, 0.1) is 11.6 Å². The van der Waals surface area contributed by atoms with E-state index in [9.17, 15) is 13.9 Å². The second kappa shape index (κ2) is 5.63. The molecule has 0 amide bonds. The quantitative estimate of drug-likeness (QED) is 0.848. The van der Waals surface area contributed by atoms with Crippen molar-refractivity contribution in [3.8, 4) is 0 Å². The molecule has 1 saturated heterocycles. The number of benzene rings is 1. The summed E-state index contributed by atoms with van der Waals surface area (Å²) in [4.78, 5) is 0. The lowest BCUT2D eigenvalue weighted by atomic mass is 9.87. The van der Waals surface area contributed by atoms with E-state index in [1.165, 1.54) is 12.1 Å². The van der Waals surface area contributed by atoms with Crippen LogP contribution in [0.3, 0.4) is 0 Å². The van der Waals surface area contributed by atoms with Gasteiger partial charge in [-0.25, -0.2) is 8.78 Å². The van der Waals surface area contributed by atoms with Gasteiger partial charge in [-0.1, -0.05) is 0 Å². The Morgan fingerprint density at radius 3 is 2.83 bits per heavy atom. The molecule has 1 heterocycles. The van der Waals surface area contributed by atoms with Crippen LogP contribution in [0.4, 0.5) is 8.78 Å². The van der Waals surface area contributed by atoms with Gasteiger partial charge < -0.3 is 9.84 Å². The molecule has 2 nitrogen and oxygen atoms in total. The summed E-state index contributed by atoms with van der Waals surface area (Å²) in [7, 11) is 0. The molecule has 0 bridgehead atoms. The summed E-state index contributed by atoms with van der Waals surface area (Å²) in [5, 5.41) is 10.4. The van der Waals surface area contributed by atoms with Gasteiger partial charge in [0, 0.05) is 25.2 Å². The lowest BCUT2D eigenvalue weighted by Gasteiger charge is -2.26. The summed E-state index contributed by atoms with van der Waals surface area (Å²) in [5.41, 5.74) is -1.15. The van der Waals surface area contributed by atoms with Crippen LogP contribution in [0.1, 0.15) is 24.8 Å². The Morgan fingerprint density at radius 2 is 2.06 bits per heavy atom. The second-order valence-electron chi connectivity index (χ2n) is 4.69. The highest BCUT2D eigenvalue weighted by Gasteiger charge is 2.31. The molecule has 5 heteroatoms. The van der Waals surface area contributed by atoms with Crippen LogP contribution in [-0.4, -0.2) is 23.9 Å². The highest BCUT2D eigenvalue weighted by atomic mass is 79.9. The Morgan fingerprint density at radius 1 is 1.28 bits per heavy atom. The maximum absolute atomic E-state index is 13.9. The zero-order chi connectivity index (χ0) is 13.2. The van der Waals surface area contributed by atoms with Gasteiger partial charge in [-0.15, -0.1) is 0 Å². The van der Waals surface area contributed by atoms with Gasteiger partial charge in [0.15, 0.2) is 0 Å². The zero-order valence-corrected chi connectivity index (χ0v) is 11.5. The second-order valence-corrected chi connectivity index (χ2v) is 5.54. The lowest BCUT2D eigenvalue weighted by molar-refractivity contribution is 0.0173. The summed E-state index contributed by atoms with van der Waals surface area (Å²) in [5.74, 6) is -1.25. The lowest BCUT2D eigenvalue weighted by Crippen LogP contribution is -2.32. The van der Waals surface area contributed by atoms with E-state index in [0.717, 1.165) is 0 Å². The normalized spacial score (nSPS) is 24.9. The van der Waals surface area contributed by atoms with Gasteiger partial charge in [-0.2, -0.15) is 0 Å². The van der Waals surface area contributed by atoms with Crippen molar-refractivity contribution in [3.05, 3.63) is 33.8 Å². The van der Waals surface area contributed by atoms with Crippen LogP contribution < -0.4 is 0 Å². The third kappa shape index (κ3) is 3.08. The maximum atomic E-state index is 13.9. The highest BCUT2D eigenvalue weighted by molar-refractivity contribution is 9.10. The number of hydrogen-bond acceptors (Lipinski definition) is 2. The molecule has 18 heavy (non-hydrogen) atoms. The molecular weight excluding hydrogens is 306 g/mol. The molecule has 1 aromatic rings. The summed E-state index contributed by atoms with van der Waals surface area (Å²) in [6.45, 7) is 1.01. The molecule has 0 radical (unpaired) electrons. The van der Waals surface area contributed by atoms with Gasteiger partial charge in [-0.05, 0) is 47.3 Å². The van der Waals surface area contributed by atoms with Gasteiger partial charge in [0.05, 0.1) is 10.1 Å². The third-order valence-electron chi connectivity index (χ3n) is 3.29. The van der Waals surface area contributed by atoms with Crippen molar-refractivity contribution >= 4 is 15.9 Å². The standard InChI is InChI=1S/C13H15BrF2O2/c14-10-2-3-11(15)9(12(10)16)8-13(17)4-1-6-18-7-5-13/h2-3,17H,1,4-8H2. The van der Waals surface area contributed by atoms with Gasteiger partial charge in [-0.3, -0.25) is 0 Å². The van der Waals surface area contributed by atoms with E-state index in [-0.39, 0.29) is 16.5 Å². The fourth-order valence-corrected chi connectivity index (χ4v) is 2.60. The van der Waals surface area contributed by atoms with Crippen molar-refractivity contribution in [3.63, 3.8) is 0 Å². The average Bonchev–Trinajstić information content (AvgIpc) is 2.55. The molecule has 1 N–H and O–H groups in total. The van der Waals surface area contributed by atoms with E-state index < -0.39 is 17.2 Å². The number of halogens is 3. The first-order valence-electron chi connectivity index (χ1n) is 5.94. The monoisotopic (exact) mass is 320 g/mol. The first kappa shape index (κ1) is 13.9. The van der Waals surface area contributed by atoms with E-state index in [0.29, 0.717) is 32.5 Å². The van der Waals surface area contributed by atoms with Crippen LogP contribution in [0.15, 0.2) is 16.6 Å². The van der Waals surface area contributed by atoms with Crippen molar-refractivity contribution in [2.75, 3.05) is 13.2 Å². The first-order valence-corrected chi connectivity index (χ1v) is 6.74. The molecule has 1 atom stereocenters. The summed E-state index contributed by atoms with van der Waals surface area (Å²) >= 11 is 3.03. The Balaban J connectivity index is 2.24. The van der Waals surface area contributed by atoms with E-state index >= 15 is 0 Å². The van der Waals surface area contributed by atoms with Crippen LogP contribution in [0.25, 0.3) is 0 Å². The van der Waals surface area contributed by atoms with Crippen LogP contribution >= 0.6 is 15.9 Å². The van der Waals surface area contributed by atoms with Gasteiger partial charge in [0.25, 0.3) is 0 Å². The van der Waals surface area contributed by atoms with Gasteiger partial charge >= 0.3 is 0 Å². The number of rotatable bonds is 2. The molecule has 0 saturated carbocycles. The summed E-state index contributed by atoms with van der Waals surface area (Å²) < 4.78 is 33.0. The largest absolute Gasteiger partial charge is 0.389 e. The Hall–Kier alpha value is -0.520. The maximum Gasteiger partial charge on any atom is 0.143 e. The minimum absolute atomic E-state index is 0.0204. The predicted molar refractivity (Wildman–Crippen MR) is 67.4 cm³/mol. The summed E-state index contributed by atoms with van der Waals surface area (Å²) in [6.07, 6.45) is 1.58. The predicted octanol–water partition coefficient (Wildman–Crippen LogP) is 3.20. The van der Waals surface area contributed by atoms with Crippen molar-refractivity contribution in [2.24, 2.45) is 0 Å². The molecule has 1 aliphatic heterocycles. The van der Waals surface area contributed by atoms with E-state index in [1.54, 1.807) is 0 Å². The number of hydrogen-bond donors (Lipinski definition) is 1. The summed E-state index contributed by atoms with van der Waals surface area (Å²) in [6, 6.07) is 2.54. The smallest absolute Gasteiger partial charge is 0.143 e. The molecule has 0 aromatic heterocycles. The molecule has 1 unspecified atom stereocenters. The first-order chi connectivity index (χ1) is 8.52. The average molecular weight is 321 g/mol. The van der Waals surface area contributed by atoms with Crippen molar-refractivity contribution < 1.29 is 18.6 Å². The van der Waals surface area contributed by atoms with Crippen molar-refractivity contribution in [2.45, 2.75) is 31.3 Å². The topological polar surface area (TPSA) is 29.5 Å². The molecule has 0 aliphatic carbocycles. The van der Waals surface area contributed by atoms with Crippen LogP contribution in [0.2, 0.25) is 0 Å². The number of ether oxygens (including phenoxy) is 1. The van der Waals surface area contributed by atoms with E-state index in [4.69, 9.17) is 4.74 Å². The Kier molecular flexibility index (Phi) is 4.35. The molecule has 1 aromatic carbocycles. The highest BCUT2D eigenvalue weighted by Crippen LogP contribution is 2.30. The Labute approximate surface area is 113 Å². The third-order valence-corrected chi connectivity index (χ3v) is 3.90. The minimum atomic E-state index is -1.08. The zero-order valence-electron chi connectivity index (χ0n) is 9.89. The molecular formula is C13H15BrF2O2. The SMILES string of the molecule is OC1(Cc2c(F)ccc(Br)c2F)CCCOCC1.